The number of likely N-dealkylation sites (tertiary alicyclic amines) is 1. The normalized spacial score (nSPS) is 26.9. The maximum atomic E-state index is 14.2. The molecule has 5 nitrogen and oxygen atoms in total. The van der Waals surface area contributed by atoms with Gasteiger partial charge in [0, 0.05) is 11.8 Å². The van der Waals surface area contributed by atoms with Crippen molar-refractivity contribution in [1.29, 1.82) is 0 Å². The van der Waals surface area contributed by atoms with Crippen LogP contribution < -0.4 is 9.47 Å². The van der Waals surface area contributed by atoms with E-state index in [0.717, 1.165) is 11.6 Å². The van der Waals surface area contributed by atoms with E-state index in [-0.39, 0.29) is 25.3 Å². The lowest BCUT2D eigenvalue weighted by atomic mass is 9.57. The van der Waals surface area contributed by atoms with Gasteiger partial charge in [0.15, 0.2) is 0 Å². The molecule has 0 radical (unpaired) electrons. The van der Waals surface area contributed by atoms with Gasteiger partial charge in [-0.1, -0.05) is 54.1 Å². The zero-order valence-electron chi connectivity index (χ0n) is 21.8. The van der Waals surface area contributed by atoms with Gasteiger partial charge in [-0.25, -0.2) is 4.39 Å². The molecule has 2 aromatic carbocycles. The molecular weight excluding hydrogens is 550 g/mol. The highest BCUT2D eigenvalue weighted by Crippen LogP contribution is 2.62. The molecule has 0 bridgehead atoms. The van der Waals surface area contributed by atoms with Crippen molar-refractivity contribution >= 4 is 17.5 Å². The Hall–Kier alpha value is -3.30. The highest BCUT2D eigenvalue weighted by molar-refractivity contribution is 6.32. The number of carbonyl (C=O) groups is 1. The summed E-state index contributed by atoms with van der Waals surface area (Å²) >= 11 is 6.36. The summed E-state index contributed by atoms with van der Waals surface area (Å²) in [6.07, 6.45) is -1.99. The van der Waals surface area contributed by atoms with Crippen molar-refractivity contribution in [3.05, 3.63) is 94.4 Å². The fraction of sp³-hybridized carbons (Fsp3) is 0.367. The molecule has 2 aromatic rings. The number of hydrogen-bond acceptors (Lipinski definition) is 4. The second-order valence-corrected chi connectivity index (χ2v) is 10.8. The van der Waals surface area contributed by atoms with Crippen LogP contribution in [0.4, 0.5) is 17.6 Å². The Balaban J connectivity index is 1.52. The zero-order chi connectivity index (χ0) is 28.9. The van der Waals surface area contributed by atoms with Crippen molar-refractivity contribution in [2.24, 2.45) is 5.41 Å². The Morgan fingerprint density at radius 1 is 1.18 bits per heavy atom. The fourth-order valence-corrected chi connectivity index (χ4v) is 5.83. The molecule has 1 fully saturated rings. The van der Waals surface area contributed by atoms with E-state index in [2.05, 4.69) is 0 Å². The number of alkyl halides is 3. The second kappa shape index (κ2) is 10.3. The molecule has 40 heavy (non-hydrogen) atoms. The molecule has 2 aliphatic carbocycles. The summed E-state index contributed by atoms with van der Waals surface area (Å²) in [7, 11) is 1.50. The van der Waals surface area contributed by atoms with Crippen molar-refractivity contribution < 1.29 is 36.9 Å². The third-order valence-electron chi connectivity index (χ3n) is 7.99. The monoisotopic (exact) mass is 577 g/mol. The van der Waals surface area contributed by atoms with Gasteiger partial charge in [0.2, 0.25) is 11.5 Å². The molecule has 1 heterocycles. The number of amides is 1. The standard InChI is InChI=1S/C30H28ClF4NO4/c1-18(19-6-4-3-5-7-19)27(37)36-17-22(40-25-14-21(39-2)10-11-23(25)31)9-8-20-15-28(13-12-24(20)36)16-26(32)29(28,38)30(33,34)35/h3-7,10-12,14-16,18,22,38H,8-9,13,17H2,1-2H3/t18-,22-,28?,29?/m0/s1. The number of hydrogen-bond donors (Lipinski definition) is 1. The van der Waals surface area contributed by atoms with Crippen molar-refractivity contribution in [2.45, 2.75) is 50.0 Å². The summed E-state index contributed by atoms with van der Waals surface area (Å²) in [6.45, 7) is 1.87. The summed E-state index contributed by atoms with van der Waals surface area (Å²) < 4.78 is 67.4. The number of aliphatic hydroxyl groups is 1. The van der Waals surface area contributed by atoms with Crippen LogP contribution in [-0.4, -0.2) is 47.4 Å². The minimum atomic E-state index is -5.22. The maximum absolute atomic E-state index is 14.2. The van der Waals surface area contributed by atoms with Crippen LogP contribution in [0.3, 0.4) is 0 Å². The third kappa shape index (κ3) is 4.59. The minimum Gasteiger partial charge on any atom is -0.497 e. The number of benzene rings is 2. The number of rotatable bonds is 5. The van der Waals surface area contributed by atoms with E-state index in [1.807, 2.05) is 30.3 Å². The Bertz CT molecular complexity index is 1410. The van der Waals surface area contributed by atoms with Gasteiger partial charge < -0.3 is 19.5 Å². The van der Waals surface area contributed by atoms with Gasteiger partial charge in [0.1, 0.15) is 23.4 Å². The van der Waals surface area contributed by atoms with E-state index < -0.39 is 35.0 Å². The van der Waals surface area contributed by atoms with Crippen LogP contribution in [0, 0.1) is 5.41 Å². The van der Waals surface area contributed by atoms with Crippen LogP contribution >= 0.6 is 11.6 Å². The summed E-state index contributed by atoms with van der Waals surface area (Å²) in [4.78, 5) is 15.4. The first-order chi connectivity index (χ1) is 18.9. The van der Waals surface area contributed by atoms with Gasteiger partial charge in [0.25, 0.3) is 0 Å². The van der Waals surface area contributed by atoms with Crippen molar-refractivity contribution in [1.82, 2.24) is 4.90 Å². The molecule has 2 unspecified atom stereocenters. The number of halogens is 5. The molecule has 4 atom stereocenters. The Morgan fingerprint density at radius 3 is 2.55 bits per heavy atom. The van der Waals surface area contributed by atoms with Crippen molar-refractivity contribution in [2.75, 3.05) is 13.7 Å². The lowest BCUT2D eigenvalue weighted by Crippen LogP contribution is -2.63. The quantitative estimate of drug-likeness (QED) is 0.394. The molecule has 1 N–H and O–H groups in total. The third-order valence-corrected chi connectivity index (χ3v) is 8.30. The second-order valence-electron chi connectivity index (χ2n) is 10.4. The topological polar surface area (TPSA) is 59.0 Å². The molecule has 0 saturated carbocycles. The predicted octanol–water partition coefficient (Wildman–Crippen LogP) is 6.88. The number of methoxy groups -OCH3 is 1. The van der Waals surface area contributed by atoms with Crippen LogP contribution in [0.5, 0.6) is 11.5 Å². The minimum absolute atomic E-state index is 0.105. The predicted molar refractivity (Wildman–Crippen MR) is 142 cm³/mol. The fourth-order valence-electron chi connectivity index (χ4n) is 5.67. The maximum Gasteiger partial charge on any atom is 0.424 e. The van der Waals surface area contributed by atoms with E-state index in [1.165, 1.54) is 24.2 Å². The summed E-state index contributed by atoms with van der Waals surface area (Å²) in [5.74, 6) is -1.60. The first kappa shape index (κ1) is 28.2. The summed E-state index contributed by atoms with van der Waals surface area (Å²) in [6, 6.07) is 14.1. The zero-order valence-corrected chi connectivity index (χ0v) is 22.6. The number of fused-ring (bicyclic) bond motifs is 1. The first-order valence-corrected chi connectivity index (χ1v) is 13.2. The van der Waals surface area contributed by atoms with Crippen LogP contribution in [0.1, 0.15) is 37.7 Å². The lowest BCUT2D eigenvalue weighted by Gasteiger charge is -2.51. The molecule has 1 spiro atoms. The first-order valence-electron chi connectivity index (χ1n) is 12.9. The van der Waals surface area contributed by atoms with E-state index in [1.54, 1.807) is 25.1 Å². The van der Waals surface area contributed by atoms with Gasteiger partial charge in [0.05, 0.1) is 30.0 Å². The number of allylic oxidation sites excluding steroid dienone is 2. The van der Waals surface area contributed by atoms with Gasteiger partial charge in [-0.3, -0.25) is 4.79 Å². The van der Waals surface area contributed by atoms with Crippen molar-refractivity contribution in [3.8, 4) is 11.5 Å². The van der Waals surface area contributed by atoms with Crippen LogP contribution in [0.25, 0.3) is 0 Å². The molecule has 1 amide bonds. The highest BCUT2D eigenvalue weighted by Gasteiger charge is 2.73. The molecule has 1 saturated heterocycles. The molecule has 0 aromatic heterocycles. The number of carbonyl (C=O) groups excluding carboxylic acids is 1. The van der Waals surface area contributed by atoms with Gasteiger partial charge in [-0.2, -0.15) is 13.2 Å². The van der Waals surface area contributed by atoms with E-state index in [9.17, 15) is 27.5 Å². The molecule has 5 rings (SSSR count). The van der Waals surface area contributed by atoms with Crippen molar-refractivity contribution in [3.63, 3.8) is 0 Å². The highest BCUT2D eigenvalue weighted by atomic mass is 35.5. The SMILES string of the molecule is COc1ccc(Cl)c(O[C@H]2CCC3=CC4(C=C(F)C4(O)C(F)(F)F)CC=C3N(C(=O)[C@@H](C)c3ccccc3)C2)c1. The Labute approximate surface area is 234 Å². The van der Waals surface area contributed by atoms with Gasteiger partial charge in [-0.15, -0.1) is 0 Å². The van der Waals surface area contributed by atoms with Gasteiger partial charge >= 0.3 is 6.18 Å². The van der Waals surface area contributed by atoms with Crippen LogP contribution in [0.2, 0.25) is 5.02 Å². The Kier molecular flexibility index (Phi) is 7.25. The van der Waals surface area contributed by atoms with Crippen LogP contribution in [0.15, 0.2) is 83.9 Å². The largest absolute Gasteiger partial charge is 0.497 e. The molecule has 10 heteroatoms. The van der Waals surface area contributed by atoms with Crippen LogP contribution in [-0.2, 0) is 4.79 Å². The average molecular weight is 578 g/mol. The number of nitrogens with zero attached hydrogens (tertiary/aromatic N) is 1. The van der Waals surface area contributed by atoms with E-state index in [0.29, 0.717) is 34.2 Å². The number of ether oxygens (including phenoxy) is 2. The molecule has 1 aliphatic heterocycles. The Morgan fingerprint density at radius 2 is 1.90 bits per heavy atom. The molecular formula is C30H28ClF4NO4. The molecule has 3 aliphatic rings. The smallest absolute Gasteiger partial charge is 0.424 e. The summed E-state index contributed by atoms with van der Waals surface area (Å²) in [5, 5.41) is 10.8. The van der Waals surface area contributed by atoms with Gasteiger partial charge in [-0.05, 0) is 55.5 Å². The summed E-state index contributed by atoms with van der Waals surface area (Å²) in [5.41, 5.74) is -4.00. The lowest BCUT2D eigenvalue weighted by molar-refractivity contribution is -0.288. The van der Waals surface area contributed by atoms with E-state index >= 15 is 0 Å². The average Bonchev–Trinajstić information content (AvgIpc) is 3.12. The van der Waals surface area contributed by atoms with E-state index in [4.69, 9.17) is 21.1 Å². The molecule has 212 valence electrons.